The van der Waals surface area contributed by atoms with Gasteiger partial charge >= 0.3 is 0 Å². The molecule has 4 atom stereocenters. The van der Waals surface area contributed by atoms with Gasteiger partial charge in [-0.15, -0.1) is 0 Å². The van der Waals surface area contributed by atoms with Crippen LogP contribution < -0.4 is 10.7 Å². The largest absolute Gasteiger partial charge is 0.356 e. The van der Waals surface area contributed by atoms with E-state index in [9.17, 15) is 14.0 Å². The highest BCUT2D eigenvalue weighted by atomic mass is 19.1. The molecule has 2 aliphatic heterocycles. The maximum atomic E-state index is 13.4. The molecular weight excluding hydrogens is 423 g/mol. The van der Waals surface area contributed by atoms with Gasteiger partial charge in [0, 0.05) is 56.6 Å². The predicted octanol–water partition coefficient (Wildman–Crippen LogP) is 1.69. The van der Waals surface area contributed by atoms with Gasteiger partial charge < -0.3 is 10.2 Å². The molecule has 176 valence electrons. The van der Waals surface area contributed by atoms with Gasteiger partial charge in [-0.2, -0.15) is 5.10 Å². The first-order valence-electron chi connectivity index (χ1n) is 11.9. The van der Waals surface area contributed by atoms with Crippen molar-refractivity contribution in [2.24, 2.45) is 5.92 Å². The van der Waals surface area contributed by atoms with Crippen molar-refractivity contribution >= 4 is 11.8 Å². The van der Waals surface area contributed by atoms with E-state index in [1.54, 1.807) is 18.3 Å². The van der Waals surface area contributed by atoms with Crippen molar-refractivity contribution in [3.05, 3.63) is 54.1 Å². The number of fused-ring (bicyclic) bond motifs is 3. The van der Waals surface area contributed by atoms with E-state index in [0.717, 1.165) is 44.3 Å². The number of amides is 2. The van der Waals surface area contributed by atoms with Gasteiger partial charge in [0.1, 0.15) is 11.9 Å². The molecule has 2 amide bonds. The highest BCUT2D eigenvalue weighted by Gasteiger charge is 2.51. The number of nitrogens with one attached hydrogen (secondary N) is 2. The Hall–Kier alpha value is -2.78. The van der Waals surface area contributed by atoms with Crippen LogP contribution in [0.15, 0.2) is 42.7 Å². The number of aromatic nitrogens is 2. The molecule has 5 rings (SSSR count). The smallest absolute Gasteiger partial charge is 0.242 e. The number of aryl methyl sites for hydroxylation is 1. The van der Waals surface area contributed by atoms with Gasteiger partial charge in [-0.1, -0.05) is 12.1 Å². The Morgan fingerprint density at radius 1 is 1.18 bits per heavy atom. The zero-order chi connectivity index (χ0) is 22.8. The van der Waals surface area contributed by atoms with E-state index in [0.29, 0.717) is 19.5 Å². The van der Waals surface area contributed by atoms with Gasteiger partial charge in [-0.05, 0) is 55.9 Å². The molecular formula is C24H31FN6O2. The third kappa shape index (κ3) is 4.65. The average molecular weight is 455 g/mol. The minimum Gasteiger partial charge on any atom is -0.356 e. The van der Waals surface area contributed by atoms with Crippen LogP contribution in [0.25, 0.3) is 0 Å². The molecule has 3 aliphatic rings. The first-order valence-corrected chi connectivity index (χ1v) is 11.9. The maximum absolute atomic E-state index is 13.4. The molecule has 2 saturated heterocycles. The van der Waals surface area contributed by atoms with Crippen LogP contribution in [0, 0.1) is 11.7 Å². The monoisotopic (exact) mass is 454 g/mol. The molecule has 0 radical (unpaired) electrons. The molecule has 4 unspecified atom stereocenters. The fourth-order valence-corrected chi connectivity index (χ4v) is 5.57. The van der Waals surface area contributed by atoms with Crippen LogP contribution in [-0.2, 0) is 22.7 Å². The first kappa shape index (κ1) is 22.0. The second-order valence-electron chi connectivity index (χ2n) is 9.27. The van der Waals surface area contributed by atoms with Crippen LogP contribution >= 0.6 is 0 Å². The Balaban J connectivity index is 1.24. The molecule has 33 heavy (non-hydrogen) atoms. The summed E-state index contributed by atoms with van der Waals surface area (Å²) in [6, 6.07) is 8.24. The fraction of sp³-hybridized carbons (Fsp3) is 0.542. The summed E-state index contributed by atoms with van der Waals surface area (Å²) in [7, 11) is 0. The summed E-state index contributed by atoms with van der Waals surface area (Å²) >= 11 is 0. The van der Waals surface area contributed by atoms with E-state index in [2.05, 4.69) is 20.9 Å². The third-order valence-electron chi connectivity index (χ3n) is 7.21. The molecule has 2 N–H and O–H groups in total. The van der Waals surface area contributed by atoms with Crippen molar-refractivity contribution in [2.75, 3.05) is 13.1 Å². The summed E-state index contributed by atoms with van der Waals surface area (Å²) in [5.74, 6) is -0.223. The Bertz CT molecular complexity index is 966. The number of rotatable bonds is 7. The number of halogens is 1. The lowest BCUT2D eigenvalue weighted by atomic mass is 9.78. The second kappa shape index (κ2) is 9.61. The number of hydrogen-bond acceptors (Lipinski definition) is 5. The highest BCUT2D eigenvalue weighted by Crippen LogP contribution is 2.38. The predicted molar refractivity (Wildman–Crippen MR) is 120 cm³/mol. The number of hydrogen-bond donors (Lipinski definition) is 2. The van der Waals surface area contributed by atoms with Crippen LogP contribution in [0.5, 0.6) is 0 Å². The van der Waals surface area contributed by atoms with E-state index < -0.39 is 0 Å². The standard InChI is InChI=1S/C24H31FN6O2/c25-19-6-3-17(4-7-19)16-30-22-15-18(23(32)26-10-1-13-29-14-2-11-27-29)5-8-20(22)31-21(24(30)33)9-12-28-31/h2-4,6-7,11,14,18,20-22,28H,1,5,8-10,12-13,15-16H2,(H,26,32). The molecule has 0 bridgehead atoms. The van der Waals surface area contributed by atoms with E-state index in [1.807, 2.05) is 21.8 Å². The lowest BCUT2D eigenvalue weighted by Gasteiger charge is -2.51. The van der Waals surface area contributed by atoms with Gasteiger partial charge in [-0.3, -0.25) is 19.7 Å². The molecule has 0 spiro atoms. The third-order valence-corrected chi connectivity index (χ3v) is 7.21. The van der Waals surface area contributed by atoms with Crippen LogP contribution in [0.3, 0.4) is 0 Å². The Kier molecular flexibility index (Phi) is 6.41. The Labute approximate surface area is 193 Å². The zero-order valence-electron chi connectivity index (χ0n) is 18.7. The SMILES string of the molecule is O=C(NCCCn1cccn1)C1CCC2C(C1)N(Cc1ccc(F)cc1)C(=O)C1CCNN12. The number of carbonyl (C=O) groups is 2. The van der Waals surface area contributed by atoms with Gasteiger partial charge in [0.2, 0.25) is 11.8 Å². The number of piperazine rings is 1. The average Bonchev–Trinajstić information content (AvgIpc) is 3.53. The first-order chi connectivity index (χ1) is 16.1. The lowest BCUT2D eigenvalue weighted by molar-refractivity contribution is -0.157. The van der Waals surface area contributed by atoms with Gasteiger partial charge in [-0.25, -0.2) is 9.40 Å². The number of carbonyl (C=O) groups excluding carboxylic acids is 2. The summed E-state index contributed by atoms with van der Waals surface area (Å²) in [6.07, 6.45) is 7.61. The summed E-state index contributed by atoms with van der Waals surface area (Å²) < 4.78 is 15.2. The summed E-state index contributed by atoms with van der Waals surface area (Å²) in [5, 5.41) is 9.41. The van der Waals surface area contributed by atoms with E-state index in [1.165, 1.54) is 12.1 Å². The summed E-state index contributed by atoms with van der Waals surface area (Å²) in [4.78, 5) is 28.3. The molecule has 3 fully saturated rings. The Morgan fingerprint density at radius 3 is 2.82 bits per heavy atom. The molecule has 8 nitrogen and oxygen atoms in total. The van der Waals surface area contributed by atoms with Crippen molar-refractivity contribution in [3.63, 3.8) is 0 Å². The molecule has 1 aromatic heterocycles. The fourth-order valence-electron chi connectivity index (χ4n) is 5.57. The zero-order valence-corrected chi connectivity index (χ0v) is 18.7. The topological polar surface area (TPSA) is 82.5 Å². The quantitative estimate of drug-likeness (QED) is 0.623. The lowest BCUT2D eigenvalue weighted by Crippen LogP contribution is -2.68. The van der Waals surface area contributed by atoms with Gasteiger partial charge in [0.25, 0.3) is 0 Å². The number of hydrazine groups is 1. The second-order valence-corrected chi connectivity index (χ2v) is 9.27. The van der Waals surface area contributed by atoms with Crippen LogP contribution in [0.1, 0.15) is 37.7 Å². The molecule has 3 heterocycles. The van der Waals surface area contributed by atoms with Crippen LogP contribution in [0.4, 0.5) is 4.39 Å². The van der Waals surface area contributed by atoms with E-state index in [4.69, 9.17) is 0 Å². The number of nitrogens with zero attached hydrogens (tertiary/aromatic N) is 4. The maximum Gasteiger partial charge on any atom is 0.242 e. The molecule has 9 heteroatoms. The summed E-state index contributed by atoms with van der Waals surface area (Å²) in [5.41, 5.74) is 4.32. The summed E-state index contributed by atoms with van der Waals surface area (Å²) in [6.45, 7) is 2.62. The minimum atomic E-state index is -0.283. The van der Waals surface area contributed by atoms with Crippen molar-refractivity contribution in [1.29, 1.82) is 0 Å². The van der Waals surface area contributed by atoms with Crippen molar-refractivity contribution < 1.29 is 14.0 Å². The van der Waals surface area contributed by atoms with Crippen molar-refractivity contribution in [1.82, 2.24) is 30.4 Å². The van der Waals surface area contributed by atoms with E-state index >= 15 is 0 Å². The Morgan fingerprint density at radius 2 is 2.03 bits per heavy atom. The molecule has 1 aromatic carbocycles. The molecule has 1 saturated carbocycles. The number of benzene rings is 1. The van der Waals surface area contributed by atoms with Gasteiger partial charge in [0.05, 0.1) is 0 Å². The highest BCUT2D eigenvalue weighted by molar-refractivity contribution is 5.84. The van der Waals surface area contributed by atoms with Crippen LogP contribution in [0.2, 0.25) is 0 Å². The molecule has 1 aliphatic carbocycles. The normalized spacial score (nSPS) is 27.3. The minimum absolute atomic E-state index is 0.0435. The van der Waals surface area contributed by atoms with Crippen LogP contribution in [-0.4, -0.2) is 62.7 Å². The van der Waals surface area contributed by atoms with E-state index in [-0.39, 0.29) is 41.7 Å². The van der Waals surface area contributed by atoms with Gasteiger partial charge in [0.15, 0.2) is 0 Å². The van der Waals surface area contributed by atoms with Crippen molar-refractivity contribution in [2.45, 2.75) is 63.3 Å². The van der Waals surface area contributed by atoms with Crippen molar-refractivity contribution in [3.8, 4) is 0 Å². The molecule has 2 aromatic rings.